The fraction of sp³-hybridized carbons (Fsp3) is 0.241. The first-order valence-electron chi connectivity index (χ1n) is 12.9. The van der Waals surface area contributed by atoms with Crippen molar-refractivity contribution >= 4 is 49.7 Å². The first-order valence-corrected chi connectivity index (χ1v) is 14.7. The Kier molecular flexibility index (Phi) is 6.66. The number of carbonyl (C=O) groups excluding carboxylic acids is 1. The summed E-state index contributed by atoms with van der Waals surface area (Å²) in [4.78, 5) is 19.7. The van der Waals surface area contributed by atoms with Crippen molar-refractivity contribution in [3.05, 3.63) is 77.6 Å². The molecule has 10 nitrogen and oxygen atoms in total. The number of benzene rings is 3. The van der Waals surface area contributed by atoms with E-state index >= 15 is 0 Å². The van der Waals surface area contributed by atoms with Gasteiger partial charge >= 0.3 is 0 Å². The molecule has 41 heavy (non-hydrogen) atoms. The average molecular weight is 579 g/mol. The molecule has 3 heterocycles. The number of ether oxygens (including phenoxy) is 1. The Morgan fingerprint density at radius 1 is 1.10 bits per heavy atom. The standard InChI is InChI=1S/C29H27FN4O6S/c1-31-28(35)26-20-14-19(25-16-34(12-13-38-25)29-32-21-6-4-5-7-23(21)40-29)22(33(2)41(3,36)37)15-24(20)39-27(26)17-8-10-18(30)11-9-17/h4-11,14-15,25H,12-13,16H2,1-3H3,(H,31,35)/t25-/m1/s1. The Balaban J connectivity index is 1.50. The second-order valence-corrected chi connectivity index (χ2v) is 11.8. The van der Waals surface area contributed by atoms with Crippen LogP contribution in [0.25, 0.3) is 33.4 Å². The summed E-state index contributed by atoms with van der Waals surface area (Å²) in [6.07, 6.45) is 0.513. The molecule has 6 rings (SSSR count). The van der Waals surface area contributed by atoms with Gasteiger partial charge in [-0.25, -0.2) is 12.8 Å². The molecule has 3 aromatic carbocycles. The van der Waals surface area contributed by atoms with E-state index in [1.807, 2.05) is 29.2 Å². The lowest BCUT2D eigenvalue weighted by atomic mass is 9.99. The van der Waals surface area contributed by atoms with Crippen LogP contribution in [-0.4, -0.2) is 59.4 Å². The van der Waals surface area contributed by atoms with E-state index in [9.17, 15) is 17.6 Å². The minimum atomic E-state index is -3.68. The lowest BCUT2D eigenvalue weighted by Crippen LogP contribution is -2.39. The van der Waals surface area contributed by atoms with Crippen molar-refractivity contribution in [1.29, 1.82) is 0 Å². The van der Waals surface area contributed by atoms with Gasteiger partial charge in [0.25, 0.3) is 11.9 Å². The van der Waals surface area contributed by atoms with Crippen LogP contribution < -0.4 is 14.5 Å². The number of anilines is 2. The number of amides is 1. The molecule has 212 valence electrons. The molecule has 1 aliphatic rings. The highest BCUT2D eigenvalue weighted by atomic mass is 32.2. The number of oxazole rings is 1. The van der Waals surface area contributed by atoms with Gasteiger partial charge in [0.1, 0.15) is 28.8 Å². The predicted molar refractivity (Wildman–Crippen MR) is 153 cm³/mol. The average Bonchev–Trinajstić information content (AvgIpc) is 3.57. The molecule has 0 saturated carbocycles. The van der Waals surface area contributed by atoms with Crippen molar-refractivity contribution in [2.24, 2.45) is 0 Å². The molecule has 0 unspecified atom stereocenters. The van der Waals surface area contributed by atoms with Crippen LogP contribution in [0.2, 0.25) is 0 Å². The van der Waals surface area contributed by atoms with E-state index in [2.05, 4.69) is 10.3 Å². The number of hydrogen-bond acceptors (Lipinski definition) is 8. The number of para-hydroxylation sites is 2. The lowest BCUT2D eigenvalue weighted by Gasteiger charge is -2.34. The largest absolute Gasteiger partial charge is 0.455 e. The number of aromatic nitrogens is 1. The summed E-state index contributed by atoms with van der Waals surface area (Å²) in [7, 11) is -0.725. The summed E-state index contributed by atoms with van der Waals surface area (Å²) >= 11 is 0. The van der Waals surface area contributed by atoms with Gasteiger partial charge in [-0.1, -0.05) is 12.1 Å². The summed E-state index contributed by atoms with van der Waals surface area (Å²) in [6.45, 7) is 1.17. The zero-order chi connectivity index (χ0) is 28.9. The highest BCUT2D eigenvalue weighted by molar-refractivity contribution is 7.92. The van der Waals surface area contributed by atoms with Gasteiger partial charge in [0.2, 0.25) is 10.0 Å². The number of nitrogens with zero attached hydrogens (tertiary/aromatic N) is 3. The maximum atomic E-state index is 13.7. The fourth-order valence-electron chi connectivity index (χ4n) is 5.02. The smallest absolute Gasteiger partial charge is 0.298 e. The maximum Gasteiger partial charge on any atom is 0.298 e. The van der Waals surface area contributed by atoms with E-state index in [1.165, 1.54) is 38.4 Å². The molecule has 1 saturated heterocycles. The van der Waals surface area contributed by atoms with E-state index in [4.69, 9.17) is 13.6 Å². The van der Waals surface area contributed by atoms with Crippen LogP contribution in [0.4, 0.5) is 16.1 Å². The van der Waals surface area contributed by atoms with Crippen LogP contribution in [0.3, 0.4) is 0 Å². The van der Waals surface area contributed by atoms with E-state index in [0.717, 1.165) is 16.1 Å². The van der Waals surface area contributed by atoms with Crippen LogP contribution in [0.1, 0.15) is 22.0 Å². The minimum Gasteiger partial charge on any atom is -0.455 e. The third-order valence-corrected chi connectivity index (χ3v) is 8.39. The first-order chi connectivity index (χ1) is 19.6. The molecule has 1 fully saturated rings. The van der Waals surface area contributed by atoms with Gasteiger partial charge in [-0.3, -0.25) is 9.10 Å². The SMILES string of the molecule is CNC(=O)c1c(-c2ccc(F)cc2)oc2cc(N(C)S(C)(=O)=O)c([C@H]3CN(c4nc5ccccc5o4)CCO3)cc12. The molecular formula is C29H27FN4O6S. The summed E-state index contributed by atoms with van der Waals surface area (Å²) in [5.41, 5.74) is 3.31. The molecule has 0 spiro atoms. The number of hydrogen-bond donors (Lipinski definition) is 1. The fourth-order valence-corrected chi connectivity index (χ4v) is 5.54. The van der Waals surface area contributed by atoms with Crippen LogP contribution in [0.15, 0.2) is 69.5 Å². The van der Waals surface area contributed by atoms with Gasteiger partial charge in [0, 0.05) is 43.2 Å². The molecule has 2 aromatic heterocycles. The number of nitrogens with one attached hydrogen (secondary N) is 1. The Hall–Kier alpha value is -4.42. The molecule has 0 bridgehead atoms. The van der Waals surface area contributed by atoms with E-state index in [1.54, 1.807) is 12.1 Å². The molecule has 5 aromatic rings. The normalized spacial score (nSPS) is 15.9. The summed E-state index contributed by atoms with van der Waals surface area (Å²) in [6, 6.07) is 16.8. The van der Waals surface area contributed by atoms with Crippen molar-refractivity contribution in [2.45, 2.75) is 6.10 Å². The molecule has 1 aliphatic heterocycles. The van der Waals surface area contributed by atoms with Crippen molar-refractivity contribution in [3.8, 4) is 11.3 Å². The predicted octanol–water partition coefficient (Wildman–Crippen LogP) is 4.71. The topological polar surface area (TPSA) is 118 Å². The highest BCUT2D eigenvalue weighted by Crippen LogP contribution is 2.41. The summed E-state index contributed by atoms with van der Waals surface area (Å²) in [5.74, 6) is -0.596. The van der Waals surface area contributed by atoms with Crippen LogP contribution >= 0.6 is 0 Å². The van der Waals surface area contributed by atoms with E-state index in [-0.39, 0.29) is 11.3 Å². The van der Waals surface area contributed by atoms with Crippen molar-refractivity contribution in [1.82, 2.24) is 10.3 Å². The Bertz CT molecular complexity index is 1850. The van der Waals surface area contributed by atoms with Crippen molar-refractivity contribution < 1.29 is 31.2 Å². The van der Waals surface area contributed by atoms with Crippen LogP contribution in [-0.2, 0) is 14.8 Å². The Morgan fingerprint density at radius 3 is 2.56 bits per heavy atom. The van der Waals surface area contributed by atoms with Gasteiger partial charge in [0.15, 0.2) is 5.58 Å². The lowest BCUT2D eigenvalue weighted by molar-refractivity contribution is 0.0386. The second kappa shape index (κ2) is 10.2. The van der Waals surface area contributed by atoms with Crippen LogP contribution in [0, 0.1) is 5.82 Å². The van der Waals surface area contributed by atoms with E-state index < -0.39 is 27.9 Å². The van der Waals surface area contributed by atoms with Crippen LogP contribution in [0.5, 0.6) is 0 Å². The number of sulfonamides is 1. The van der Waals surface area contributed by atoms with Gasteiger partial charge in [0.05, 0.1) is 30.7 Å². The molecule has 1 amide bonds. The minimum absolute atomic E-state index is 0.238. The molecule has 0 radical (unpaired) electrons. The van der Waals surface area contributed by atoms with E-state index in [0.29, 0.717) is 59.1 Å². The molecule has 1 N–H and O–H groups in total. The zero-order valence-electron chi connectivity index (χ0n) is 22.5. The molecule has 12 heteroatoms. The Morgan fingerprint density at radius 2 is 1.85 bits per heavy atom. The number of fused-ring (bicyclic) bond motifs is 2. The first kappa shape index (κ1) is 26.8. The number of rotatable bonds is 6. The van der Waals surface area contributed by atoms with Crippen molar-refractivity contribution in [2.75, 3.05) is 49.3 Å². The Labute approximate surface area is 235 Å². The van der Waals surface area contributed by atoms with Gasteiger partial charge < -0.3 is 23.8 Å². The third-order valence-electron chi connectivity index (χ3n) is 7.20. The third kappa shape index (κ3) is 4.89. The highest BCUT2D eigenvalue weighted by Gasteiger charge is 2.32. The quantitative estimate of drug-likeness (QED) is 0.308. The monoisotopic (exact) mass is 578 g/mol. The molecule has 0 aliphatic carbocycles. The molecule has 1 atom stereocenters. The molecular weight excluding hydrogens is 551 g/mol. The van der Waals surface area contributed by atoms with Gasteiger partial charge in [-0.15, -0.1) is 0 Å². The second-order valence-electron chi connectivity index (χ2n) is 9.80. The number of halogens is 1. The number of carbonyl (C=O) groups is 1. The van der Waals surface area contributed by atoms with Gasteiger partial charge in [-0.2, -0.15) is 4.98 Å². The number of furan rings is 1. The summed E-state index contributed by atoms with van der Waals surface area (Å²) < 4.78 is 58.5. The summed E-state index contributed by atoms with van der Waals surface area (Å²) in [5, 5.41) is 3.11. The maximum absolute atomic E-state index is 13.7. The van der Waals surface area contributed by atoms with Gasteiger partial charge in [-0.05, 0) is 42.5 Å². The van der Waals surface area contributed by atoms with Crippen molar-refractivity contribution in [3.63, 3.8) is 0 Å². The number of morpholine rings is 1. The zero-order valence-corrected chi connectivity index (χ0v) is 23.4.